The van der Waals surface area contributed by atoms with Gasteiger partial charge in [-0.15, -0.1) is 0 Å². The van der Waals surface area contributed by atoms with Crippen molar-refractivity contribution in [2.75, 3.05) is 24.6 Å². The van der Waals surface area contributed by atoms with Gasteiger partial charge in [-0.25, -0.2) is 4.79 Å². The number of hydrogen-bond donors (Lipinski definition) is 1. The van der Waals surface area contributed by atoms with Crippen LogP contribution in [-0.2, 0) is 13.5 Å². The van der Waals surface area contributed by atoms with Crippen molar-refractivity contribution in [1.82, 2.24) is 20.0 Å². The third-order valence-electron chi connectivity index (χ3n) is 4.31. The Bertz CT molecular complexity index is 683. The number of benzene rings is 1. The molecule has 1 aliphatic heterocycles. The number of carbonyl (C=O) groups excluding carboxylic acids is 1. The smallest absolute Gasteiger partial charge is 0.317 e. The molecule has 2 aromatic rings. The van der Waals surface area contributed by atoms with Crippen molar-refractivity contribution in [3.63, 3.8) is 0 Å². The van der Waals surface area contributed by atoms with Crippen molar-refractivity contribution in [2.45, 2.75) is 19.4 Å². The molecule has 1 atom stereocenters. The molecule has 1 aliphatic rings. The summed E-state index contributed by atoms with van der Waals surface area (Å²) < 4.78 is 1.79. The molecule has 0 radical (unpaired) electrons. The fraction of sp³-hybridized carbons (Fsp3) is 0.444. The van der Waals surface area contributed by atoms with E-state index in [1.54, 1.807) is 4.68 Å². The summed E-state index contributed by atoms with van der Waals surface area (Å²) in [6.45, 7) is 3.52. The minimum absolute atomic E-state index is 0.0243. The van der Waals surface area contributed by atoms with Crippen LogP contribution in [0.25, 0.3) is 0 Å². The van der Waals surface area contributed by atoms with E-state index in [1.807, 2.05) is 36.1 Å². The predicted molar refractivity (Wildman–Crippen MR) is 98.3 cm³/mol. The van der Waals surface area contributed by atoms with Gasteiger partial charge >= 0.3 is 6.03 Å². The largest absolute Gasteiger partial charge is 0.338 e. The highest BCUT2D eigenvalue weighted by Gasteiger charge is 2.28. The standard InChI is InChI=1S/C18H24N4OS/c1-14-3-5-15(6-4-14)7-8-19-18(23)22-9-10-24-13-17(22)16-11-20-21(2)12-16/h3-6,11-12,17H,7-10,13H2,1-2H3,(H,19,23)/t17-/m0/s1. The van der Waals surface area contributed by atoms with E-state index in [2.05, 4.69) is 41.6 Å². The number of aryl methyl sites for hydroxylation is 2. The van der Waals surface area contributed by atoms with Crippen LogP contribution in [0.5, 0.6) is 0 Å². The highest BCUT2D eigenvalue weighted by atomic mass is 32.2. The minimum atomic E-state index is 0.0243. The molecule has 0 bridgehead atoms. The summed E-state index contributed by atoms with van der Waals surface area (Å²) in [5.74, 6) is 1.92. The van der Waals surface area contributed by atoms with Crippen molar-refractivity contribution < 1.29 is 4.79 Å². The van der Waals surface area contributed by atoms with E-state index in [4.69, 9.17) is 0 Å². The zero-order chi connectivity index (χ0) is 16.9. The Kier molecular flexibility index (Phi) is 5.45. The zero-order valence-corrected chi connectivity index (χ0v) is 15.1. The van der Waals surface area contributed by atoms with Gasteiger partial charge in [0.2, 0.25) is 0 Å². The Labute approximate surface area is 147 Å². The van der Waals surface area contributed by atoms with Crippen LogP contribution in [0.2, 0.25) is 0 Å². The molecule has 1 fully saturated rings. The molecule has 0 unspecified atom stereocenters. The quantitative estimate of drug-likeness (QED) is 0.928. The monoisotopic (exact) mass is 344 g/mol. The summed E-state index contributed by atoms with van der Waals surface area (Å²) in [5.41, 5.74) is 3.62. The van der Waals surface area contributed by atoms with Gasteiger partial charge in [0, 0.05) is 43.4 Å². The van der Waals surface area contributed by atoms with Gasteiger partial charge in [-0.3, -0.25) is 4.68 Å². The zero-order valence-electron chi connectivity index (χ0n) is 14.2. The van der Waals surface area contributed by atoms with Crippen molar-refractivity contribution >= 4 is 17.8 Å². The normalized spacial score (nSPS) is 17.8. The molecule has 24 heavy (non-hydrogen) atoms. The lowest BCUT2D eigenvalue weighted by molar-refractivity contribution is 0.183. The molecule has 5 nitrogen and oxygen atoms in total. The molecular weight excluding hydrogens is 320 g/mol. The van der Waals surface area contributed by atoms with Crippen LogP contribution >= 0.6 is 11.8 Å². The maximum absolute atomic E-state index is 12.6. The van der Waals surface area contributed by atoms with Crippen molar-refractivity contribution in [2.24, 2.45) is 7.05 Å². The number of urea groups is 1. The third-order valence-corrected chi connectivity index (χ3v) is 5.33. The molecule has 0 aliphatic carbocycles. The van der Waals surface area contributed by atoms with Gasteiger partial charge in [0.05, 0.1) is 12.2 Å². The molecule has 0 spiro atoms. The summed E-state index contributed by atoms with van der Waals surface area (Å²) in [4.78, 5) is 14.6. The molecule has 1 aromatic carbocycles. The third kappa shape index (κ3) is 4.12. The van der Waals surface area contributed by atoms with Crippen LogP contribution in [0.15, 0.2) is 36.7 Å². The summed E-state index contributed by atoms with van der Waals surface area (Å²) >= 11 is 1.89. The lowest BCUT2D eigenvalue weighted by Crippen LogP contribution is -2.46. The highest BCUT2D eigenvalue weighted by molar-refractivity contribution is 7.99. The number of rotatable bonds is 4. The number of thioether (sulfide) groups is 1. The average molecular weight is 344 g/mol. The van der Waals surface area contributed by atoms with Gasteiger partial charge in [-0.05, 0) is 18.9 Å². The van der Waals surface area contributed by atoms with Crippen LogP contribution in [0, 0.1) is 6.92 Å². The Morgan fingerprint density at radius 2 is 2.17 bits per heavy atom. The molecule has 6 heteroatoms. The fourth-order valence-electron chi connectivity index (χ4n) is 2.91. The Hall–Kier alpha value is -1.95. The predicted octanol–water partition coefficient (Wildman–Crippen LogP) is 2.77. The number of carbonyl (C=O) groups is 1. The Morgan fingerprint density at radius 3 is 2.88 bits per heavy atom. The van der Waals surface area contributed by atoms with Gasteiger partial charge < -0.3 is 10.2 Å². The van der Waals surface area contributed by atoms with E-state index < -0.39 is 0 Å². The van der Waals surface area contributed by atoms with Gasteiger partial charge in [-0.2, -0.15) is 16.9 Å². The number of aromatic nitrogens is 2. The number of amides is 2. The van der Waals surface area contributed by atoms with Crippen LogP contribution in [0.4, 0.5) is 4.79 Å². The van der Waals surface area contributed by atoms with Crippen LogP contribution in [-0.4, -0.2) is 45.3 Å². The molecule has 0 saturated carbocycles. The molecule has 3 rings (SSSR count). The minimum Gasteiger partial charge on any atom is -0.338 e. The first-order chi connectivity index (χ1) is 11.6. The van der Waals surface area contributed by atoms with Crippen molar-refractivity contribution in [3.8, 4) is 0 Å². The topological polar surface area (TPSA) is 50.2 Å². The SMILES string of the molecule is Cc1ccc(CCNC(=O)N2CCSC[C@H]2c2cnn(C)c2)cc1. The lowest BCUT2D eigenvalue weighted by atomic mass is 10.1. The van der Waals surface area contributed by atoms with Crippen LogP contribution in [0.3, 0.4) is 0 Å². The Morgan fingerprint density at radius 1 is 1.38 bits per heavy atom. The van der Waals surface area contributed by atoms with E-state index in [0.717, 1.165) is 30.0 Å². The average Bonchev–Trinajstić information content (AvgIpc) is 3.03. The molecule has 1 N–H and O–H groups in total. The first-order valence-corrected chi connectivity index (χ1v) is 9.45. The van der Waals surface area contributed by atoms with Gasteiger partial charge in [-0.1, -0.05) is 29.8 Å². The van der Waals surface area contributed by atoms with Crippen molar-refractivity contribution in [1.29, 1.82) is 0 Å². The molecule has 1 aromatic heterocycles. The van der Waals surface area contributed by atoms with Crippen LogP contribution < -0.4 is 5.32 Å². The van der Waals surface area contributed by atoms with E-state index in [9.17, 15) is 4.79 Å². The Balaban J connectivity index is 1.57. The molecule has 2 amide bonds. The first kappa shape index (κ1) is 16.9. The molecular formula is C18H24N4OS. The number of nitrogens with one attached hydrogen (secondary N) is 1. The fourth-order valence-corrected chi connectivity index (χ4v) is 3.99. The van der Waals surface area contributed by atoms with E-state index >= 15 is 0 Å². The highest BCUT2D eigenvalue weighted by Crippen LogP contribution is 2.29. The second-order valence-corrected chi connectivity index (χ2v) is 7.35. The summed E-state index contributed by atoms with van der Waals surface area (Å²) in [6.07, 6.45) is 4.72. The molecule has 2 heterocycles. The summed E-state index contributed by atoms with van der Waals surface area (Å²) in [6, 6.07) is 8.59. The van der Waals surface area contributed by atoms with E-state index in [0.29, 0.717) is 6.54 Å². The first-order valence-electron chi connectivity index (χ1n) is 8.30. The number of nitrogens with zero attached hydrogens (tertiary/aromatic N) is 3. The van der Waals surface area contributed by atoms with Crippen molar-refractivity contribution in [3.05, 3.63) is 53.3 Å². The second kappa shape index (κ2) is 7.75. The van der Waals surface area contributed by atoms with E-state index in [-0.39, 0.29) is 12.1 Å². The molecule has 1 saturated heterocycles. The molecule has 128 valence electrons. The number of hydrogen-bond acceptors (Lipinski definition) is 3. The van der Waals surface area contributed by atoms with Gasteiger partial charge in [0.1, 0.15) is 0 Å². The maximum atomic E-state index is 12.6. The van der Waals surface area contributed by atoms with E-state index in [1.165, 1.54) is 11.1 Å². The summed E-state index contributed by atoms with van der Waals surface area (Å²) in [5, 5.41) is 7.32. The van der Waals surface area contributed by atoms with Gasteiger partial charge in [0.25, 0.3) is 0 Å². The van der Waals surface area contributed by atoms with Crippen LogP contribution in [0.1, 0.15) is 22.7 Å². The van der Waals surface area contributed by atoms with Gasteiger partial charge in [0.15, 0.2) is 0 Å². The lowest BCUT2D eigenvalue weighted by Gasteiger charge is -2.34. The maximum Gasteiger partial charge on any atom is 0.317 e. The summed E-state index contributed by atoms with van der Waals surface area (Å²) in [7, 11) is 1.91. The second-order valence-electron chi connectivity index (χ2n) is 6.20.